The molecule has 6 heteroatoms. The molecule has 1 aliphatic heterocycles. The largest absolute Gasteiger partial charge is 0.504 e. The molecule has 0 atom stereocenters. The second-order valence-corrected chi connectivity index (χ2v) is 6.11. The van der Waals surface area contributed by atoms with Gasteiger partial charge in [-0.25, -0.2) is 0 Å². The van der Waals surface area contributed by atoms with Gasteiger partial charge in [0.15, 0.2) is 11.5 Å². The summed E-state index contributed by atoms with van der Waals surface area (Å²) in [4.78, 5) is 28.2. The molecule has 1 fully saturated rings. The Morgan fingerprint density at radius 3 is 2.19 bits per heavy atom. The van der Waals surface area contributed by atoms with Crippen LogP contribution in [-0.4, -0.2) is 59.5 Å². The number of phenolic OH excluding ortho intramolecular Hbond substituents is 1. The maximum Gasteiger partial charge on any atom is 0.253 e. The van der Waals surface area contributed by atoms with Gasteiger partial charge in [0.05, 0.1) is 13.0 Å². The van der Waals surface area contributed by atoms with E-state index in [1.54, 1.807) is 46.2 Å². The number of hydrogen-bond acceptors (Lipinski definition) is 4. The van der Waals surface area contributed by atoms with Crippen molar-refractivity contribution >= 4 is 11.8 Å². The minimum atomic E-state index is -0.00719. The van der Waals surface area contributed by atoms with Gasteiger partial charge in [-0.05, 0) is 24.3 Å². The topological polar surface area (TPSA) is 70.1 Å². The number of aromatic hydroxyl groups is 1. The highest BCUT2D eigenvalue weighted by atomic mass is 16.5. The lowest BCUT2D eigenvalue weighted by Crippen LogP contribution is -2.50. The van der Waals surface area contributed by atoms with Crippen molar-refractivity contribution < 1.29 is 19.4 Å². The van der Waals surface area contributed by atoms with Gasteiger partial charge in [-0.2, -0.15) is 0 Å². The van der Waals surface area contributed by atoms with E-state index in [4.69, 9.17) is 4.74 Å². The van der Waals surface area contributed by atoms with Crippen LogP contribution in [0.15, 0.2) is 54.6 Å². The average Bonchev–Trinajstić information content (AvgIpc) is 2.69. The molecular formula is C20H22N2O4. The fraction of sp³-hybridized carbons (Fsp3) is 0.300. The molecular weight excluding hydrogens is 332 g/mol. The zero-order chi connectivity index (χ0) is 18.4. The van der Waals surface area contributed by atoms with Crippen molar-refractivity contribution in [3.63, 3.8) is 0 Å². The van der Waals surface area contributed by atoms with Crippen molar-refractivity contribution in [2.45, 2.75) is 6.42 Å². The predicted molar refractivity (Wildman–Crippen MR) is 97.1 cm³/mol. The van der Waals surface area contributed by atoms with E-state index >= 15 is 0 Å². The third-order valence-corrected chi connectivity index (χ3v) is 4.38. The highest BCUT2D eigenvalue weighted by Gasteiger charge is 2.24. The lowest BCUT2D eigenvalue weighted by Gasteiger charge is -2.34. The molecule has 1 N–H and O–H groups in total. The summed E-state index contributed by atoms with van der Waals surface area (Å²) in [5, 5.41) is 9.64. The van der Waals surface area contributed by atoms with Crippen molar-refractivity contribution in [2.75, 3.05) is 32.8 Å². The molecule has 0 aliphatic carbocycles. The van der Waals surface area contributed by atoms with Gasteiger partial charge in [-0.1, -0.05) is 30.3 Å². The Labute approximate surface area is 152 Å². The van der Waals surface area contributed by atoms with Crippen LogP contribution in [0, 0.1) is 0 Å². The quantitative estimate of drug-likeness (QED) is 0.893. The molecule has 26 heavy (non-hydrogen) atoms. The summed E-state index contributed by atoms with van der Waals surface area (Å²) < 4.78 is 5.45. The first kappa shape index (κ1) is 17.8. The van der Waals surface area contributed by atoms with E-state index in [1.807, 2.05) is 18.2 Å². The number of phenols is 1. The van der Waals surface area contributed by atoms with Crippen molar-refractivity contribution in [1.29, 1.82) is 0 Å². The molecule has 0 spiro atoms. The SMILES string of the molecule is O=C(CCOc1ccccc1O)N1CCN(C(=O)c2ccccc2)CC1. The molecule has 136 valence electrons. The lowest BCUT2D eigenvalue weighted by molar-refractivity contribution is -0.133. The summed E-state index contributed by atoms with van der Waals surface area (Å²) >= 11 is 0. The van der Waals surface area contributed by atoms with Gasteiger partial charge < -0.3 is 19.6 Å². The Kier molecular flexibility index (Phi) is 5.73. The zero-order valence-electron chi connectivity index (χ0n) is 14.5. The molecule has 6 nitrogen and oxygen atoms in total. The Hall–Kier alpha value is -3.02. The third kappa shape index (κ3) is 4.33. The van der Waals surface area contributed by atoms with Gasteiger partial charge in [0.1, 0.15) is 0 Å². The van der Waals surface area contributed by atoms with Gasteiger partial charge in [0, 0.05) is 31.7 Å². The van der Waals surface area contributed by atoms with Crippen molar-refractivity contribution in [2.24, 2.45) is 0 Å². The van der Waals surface area contributed by atoms with Gasteiger partial charge >= 0.3 is 0 Å². The Balaban J connectivity index is 1.43. The number of rotatable bonds is 5. The number of nitrogens with zero attached hydrogens (tertiary/aromatic N) is 2. The number of hydrogen-bond donors (Lipinski definition) is 1. The predicted octanol–water partition coefficient (Wildman–Crippen LogP) is 2.15. The maximum atomic E-state index is 12.4. The molecule has 0 saturated carbocycles. The zero-order valence-corrected chi connectivity index (χ0v) is 14.5. The van der Waals surface area contributed by atoms with E-state index in [0.29, 0.717) is 37.5 Å². The summed E-state index contributed by atoms with van der Waals surface area (Å²) in [6.45, 7) is 2.31. The number of carbonyl (C=O) groups excluding carboxylic acids is 2. The average molecular weight is 354 g/mol. The fourth-order valence-corrected chi connectivity index (χ4v) is 2.91. The normalized spacial score (nSPS) is 14.2. The molecule has 3 rings (SSSR count). The van der Waals surface area contributed by atoms with E-state index in [-0.39, 0.29) is 30.6 Å². The molecule has 1 saturated heterocycles. The maximum absolute atomic E-state index is 12.4. The monoisotopic (exact) mass is 354 g/mol. The van der Waals surface area contributed by atoms with E-state index in [0.717, 1.165) is 0 Å². The second kappa shape index (κ2) is 8.38. The number of piperazine rings is 1. The van der Waals surface area contributed by atoms with E-state index < -0.39 is 0 Å². The molecule has 0 bridgehead atoms. The number of carbonyl (C=O) groups is 2. The van der Waals surface area contributed by atoms with Gasteiger partial charge in [0.25, 0.3) is 5.91 Å². The van der Waals surface area contributed by atoms with Crippen LogP contribution in [0.5, 0.6) is 11.5 Å². The van der Waals surface area contributed by atoms with Crippen LogP contribution in [0.25, 0.3) is 0 Å². The number of para-hydroxylation sites is 2. The van der Waals surface area contributed by atoms with Crippen LogP contribution in [0.4, 0.5) is 0 Å². The first-order chi connectivity index (χ1) is 12.6. The van der Waals surface area contributed by atoms with E-state index in [2.05, 4.69) is 0 Å². The van der Waals surface area contributed by atoms with E-state index in [9.17, 15) is 14.7 Å². The molecule has 0 radical (unpaired) electrons. The van der Waals surface area contributed by atoms with Crippen LogP contribution in [0.1, 0.15) is 16.8 Å². The first-order valence-corrected chi connectivity index (χ1v) is 8.68. The van der Waals surface area contributed by atoms with Gasteiger partial charge in [-0.3, -0.25) is 9.59 Å². The van der Waals surface area contributed by atoms with Crippen LogP contribution < -0.4 is 4.74 Å². The molecule has 0 unspecified atom stereocenters. The van der Waals surface area contributed by atoms with Crippen molar-refractivity contribution in [3.8, 4) is 11.5 Å². The summed E-state index contributed by atoms with van der Waals surface area (Å²) in [6, 6.07) is 15.9. The molecule has 1 aliphatic rings. The summed E-state index contributed by atoms with van der Waals surface area (Å²) in [5.41, 5.74) is 0.670. The Morgan fingerprint density at radius 1 is 0.885 bits per heavy atom. The van der Waals surface area contributed by atoms with Crippen LogP contribution in [0.3, 0.4) is 0 Å². The lowest BCUT2D eigenvalue weighted by atomic mass is 10.2. The Bertz CT molecular complexity index is 755. The standard InChI is InChI=1S/C20H22N2O4/c23-17-8-4-5-9-18(17)26-15-10-19(24)21-11-13-22(14-12-21)20(25)16-6-2-1-3-7-16/h1-9,23H,10-15H2. The minimum absolute atomic E-state index is 0.000542. The highest BCUT2D eigenvalue weighted by Crippen LogP contribution is 2.24. The summed E-state index contributed by atoms with van der Waals surface area (Å²) in [7, 11) is 0. The molecule has 2 aromatic rings. The number of amides is 2. The van der Waals surface area contributed by atoms with Crippen molar-refractivity contribution in [1.82, 2.24) is 9.80 Å². The summed E-state index contributed by atoms with van der Waals surface area (Å²) in [5.74, 6) is 0.430. The van der Waals surface area contributed by atoms with Crippen molar-refractivity contribution in [3.05, 3.63) is 60.2 Å². The molecule has 2 amide bonds. The van der Waals surface area contributed by atoms with E-state index in [1.165, 1.54) is 0 Å². The van der Waals surface area contributed by atoms with Crippen LogP contribution in [-0.2, 0) is 4.79 Å². The number of benzene rings is 2. The second-order valence-electron chi connectivity index (χ2n) is 6.11. The van der Waals surface area contributed by atoms with Crippen LogP contribution in [0.2, 0.25) is 0 Å². The summed E-state index contributed by atoms with van der Waals surface area (Å²) in [6.07, 6.45) is 0.237. The van der Waals surface area contributed by atoms with Crippen LogP contribution >= 0.6 is 0 Å². The highest BCUT2D eigenvalue weighted by molar-refractivity contribution is 5.94. The first-order valence-electron chi connectivity index (χ1n) is 8.68. The molecule has 1 heterocycles. The molecule has 0 aromatic heterocycles. The number of ether oxygens (including phenoxy) is 1. The van der Waals surface area contributed by atoms with Gasteiger partial charge in [0.2, 0.25) is 5.91 Å². The minimum Gasteiger partial charge on any atom is -0.504 e. The fourth-order valence-electron chi connectivity index (χ4n) is 2.91. The third-order valence-electron chi connectivity index (χ3n) is 4.38. The molecule has 2 aromatic carbocycles. The Morgan fingerprint density at radius 2 is 1.50 bits per heavy atom. The van der Waals surface area contributed by atoms with Gasteiger partial charge in [-0.15, -0.1) is 0 Å². The smallest absolute Gasteiger partial charge is 0.253 e.